The lowest BCUT2D eigenvalue weighted by atomic mass is 9.81. The molecule has 3 N–H and O–H groups in total. The van der Waals surface area contributed by atoms with Crippen molar-refractivity contribution in [2.75, 3.05) is 7.11 Å². The molecule has 2 rings (SSSR count). The number of aromatic hydroxyl groups is 1. The minimum absolute atomic E-state index is 0.0175. The van der Waals surface area contributed by atoms with E-state index in [1.54, 1.807) is 7.11 Å². The number of rotatable bonds is 3. The summed E-state index contributed by atoms with van der Waals surface area (Å²) in [6.07, 6.45) is 2.07. The van der Waals surface area contributed by atoms with E-state index in [9.17, 15) is 5.11 Å². The molecule has 0 aromatic heterocycles. The summed E-state index contributed by atoms with van der Waals surface area (Å²) in [6.45, 7) is 8.50. The maximum absolute atomic E-state index is 10.4. The largest absolute Gasteiger partial charge is 0.504 e. The van der Waals surface area contributed by atoms with Crippen LogP contribution in [0.3, 0.4) is 0 Å². The minimum Gasteiger partial charge on any atom is -0.504 e. The highest BCUT2D eigenvalue weighted by Gasteiger charge is 2.49. The minimum atomic E-state index is -0.0708. The van der Waals surface area contributed by atoms with Gasteiger partial charge in [0, 0.05) is 17.0 Å². The van der Waals surface area contributed by atoms with Crippen LogP contribution in [-0.4, -0.2) is 18.3 Å². The van der Waals surface area contributed by atoms with Crippen LogP contribution in [0.15, 0.2) is 12.1 Å². The Labute approximate surface area is 115 Å². The number of benzene rings is 1. The van der Waals surface area contributed by atoms with Crippen LogP contribution < -0.4 is 10.5 Å². The summed E-state index contributed by atoms with van der Waals surface area (Å²) in [5.41, 5.74) is 8.20. The van der Waals surface area contributed by atoms with E-state index in [1.165, 1.54) is 5.56 Å². The first-order valence-corrected chi connectivity index (χ1v) is 6.90. The van der Waals surface area contributed by atoms with Crippen LogP contribution in [0.2, 0.25) is 0 Å². The summed E-state index contributed by atoms with van der Waals surface area (Å²) in [6, 6.07) is 4.07. The summed E-state index contributed by atoms with van der Waals surface area (Å²) in [7, 11) is 1.59. The fraction of sp³-hybridized carbons (Fsp3) is 0.625. The smallest absolute Gasteiger partial charge is 0.161 e. The van der Waals surface area contributed by atoms with E-state index in [1.807, 2.05) is 13.0 Å². The highest BCUT2D eigenvalue weighted by molar-refractivity contribution is 5.55. The first-order valence-electron chi connectivity index (χ1n) is 6.90. The van der Waals surface area contributed by atoms with E-state index in [0.717, 1.165) is 18.4 Å². The van der Waals surface area contributed by atoms with Crippen LogP contribution in [-0.2, 0) is 10.8 Å². The average molecular weight is 263 g/mol. The Morgan fingerprint density at radius 1 is 1.32 bits per heavy atom. The number of phenols is 1. The van der Waals surface area contributed by atoms with Crippen molar-refractivity contribution in [2.45, 2.75) is 57.4 Å². The van der Waals surface area contributed by atoms with Crippen LogP contribution in [0, 0.1) is 0 Å². The van der Waals surface area contributed by atoms with E-state index in [-0.39, 0.29) is 22.6 Å². The molecule has 3 nitrogen and oxygen atoms in total. The van der Waals surface area contributed by atoms with Gasteiger partial charge in [0.1, 0.15) is 0 Å². The third-order valence-corrected chi connectivity index (χ3v) is 4.36. The predicted octanol–water partition coefficient (Wildman–Crippen LogP) is 3.08. The Kier molecular flexibility index (Phi) is 3.29. The van der Waals surface area contributed by atoms with E-state index in [2.05, 4.69) is 26.8 Å². The van der Waals surface area contributed by atoms with Crippen molar-refractivity contribution >= 4 is 0 Å². The van der Waals surface area contributed by atoms with Crippen LogP contribution in [0.1, 0.15) is 51.7 Å². The van der Waals surface area contributed by atoms with Gasteiger partial charge >= 0.3 is 0 Å². The molecule has 3 heteroatoms. The second kappa shape index (κ2) is 4.41. The molecule has 1 aromatic rings. The SMILES string of the molecule is COc1cc(C(C)(C)C)cc(C2(C(C)N)CC2)c1O. The zero-order valence-corrected chi connectivity index (χ0v) is 12.6. The number of hydrogen-bond donors (Lipinski definition) is 2. The number of hydrogen-bond acceptors (Lipinski definition) is 3. The van der Waals surface area contributed by atoms with Crippen molar-refractivity contribution in [1.82, 2.24) is 0 Å². The molecule has 0 aliphatic heterocycles. The number of nitrogens with two attached hydrogens (primary N) is 1. The van der Waals surface area contributed by atoms with Gasteiger partial charge in [-0.05, 0) is 36.8 Å². The van der Waals surface area contributed by atoms with Gasteiger partial charge in [-0.1, -0.05) is 26.8 Å². The Balaban J connectivity index is 2.60. The van der Waals surface area contributed by atoms with Crippen molar-refractivity contribution in [3.63, 3.8) is 0 Å². The second-order valence-corrected chi connectivity index (χ2v) is 6.77. The molecule has 19 heavy (non-hydrogen) atoms. The van der Waals surface area contributed by atoms with Crippen molar-refractivity contribution < 1.29 is 9.84 Å². The normalized spacial score (nSPS) is 19.1. The quantitative estimate of drug-likeness (QED) is 0.881. The molecule has 106 valence electrons. The molecule has 1 aliphatic rings. The molecule has 0 bridgehead atoms. The van der Waals surface area contributed by atoms with Gasteiger partial charge in [0.05, 0.1) is 7.11 Å². The molecule has 1 aliphatic carbocycles. The molecule has 1 unspecified atom stereocenters. The molecule has 0 heterocycles. The van der Waals surface area contributed by atoms with Gasteiger partial charge < -0.3 is 15.6 Å². The van der Waals surface area contributed by atoms with E-state index in [4.69, 9.17) is 10.5 Å². The Morgan fingerprint density at radius 2 is 1.89 bits per heavy atom. The van der Waals surface area contributed by atoms with Crippen molar-refractivity contribution in [3.8, 4) is 11.5 Å². The van der Waals surface area contributed by atoms with E-state index >= 15 is 0 Å². The first-order chi connectivity index (χ1) is 8.72. The van der Waals surface area contributed by atoms with E-state index < -0.39 is 0 Å². The Morgan fingerprint density at radius 3 is 2.26 bits per heavy atom. The van der Waals surface area contributed by atoms with Crippen molar-refractivity contribution in [2.24, 2.45) is 5.73 Å². The maximum Gasteiger partial charge on any atom is 0.161 e. The Bertz CT molecular complexity index is 482. The molecule has 0 amide bonds. The summed E-state index contributed by atoms with van der Waals surface area (Å²) in [4.78, 5) is 0. The van der Waals surface area contributed by atoms with E-state index in [0.29, 0.717) is 5.75 Å². The average Bonchev–Trinajstić information content (AvgIpc) is 3.09. The third kappa shape index (κ3) is 2.32. The lowest BCUT2D eigenvalue weighted by Crippen LogP contribution is -2.32. The standard InChI is InChI=1S/C16H25NO2/c1-10(17)16(6-7-16)12-8-11(15(2,3)4)9-13(19-5)14(12)18/h8-10,18H,6-7,17H2,1-5H3. The second-order valence-electron chi connectivity index (χ2n) is 6.77. The fourth-order valence-electron chi connectivity index (χ4n) is 2.68. The highest BCUT2D eigenvalue weighted by Crippen LogP contribution is 2.55. The molecule has 0 radical (unpaired) electrons. The van der Waals surface area contributed by atoms with Crippen LogP contribution in [0.25, 0.3) is 0 Å². The monoisotopic (exact) mass is 263 g/mol. The number of phenolic OH excluding ortho intramolecular Hbond substituents is 1. The zero-order valence-electron chi connectivity index (χ0n) is 12.6. The van der Waals surface area contributed by atoms with Gasteiger partial charge in [0.25, 0.3) is 0 Å². The van der Waals surface area contributed by atoms with Crippen molar-refractivity contribution in [1.29, 1.82) is 0 Å². The summed E-state index contributed by atoms with van der Waals surface area (Å²) in [5.74, 6) is 0.805. The topological polar surface area (TPSA) is 55.5 Å². The van der Waals surface area contributed by atoms with Gasteiger partial charge in [0.2, 0.25) is 0 Å². The lowest BCUT2D eigenvalue weighted by Gasteiger charge is -2.27. The number of methoxy groups -OCH3 is 1. The summed E-state index contributed by atoms with van der Waals surface area (Å²) in [5, 5.41) is 10.4. The summed E-state index contributed by atoms with van der Waals surface area (Å²) < 4.78 is 5.33. The molecular weight excluding hydrogens is 238 g/mol. The van der Waals surface area contributed by atoms with Gasteiger partial charge in [-0.2, -0.15) is 0 Å². The van der Waals surface area contributed by atoms with Gasteiger partial charge in [-0.3, -0.25) is 0 Å². The molecule has 0 spiro atoms. The zero-order chi connectivity index (χ0) is 14.4. The first kappa shape index (κ1) is 14.2. The molecule has 1 atom stereocenters. The molecule has 1 saturated carbocycles. The molecule has 1 fully saturated rings. The van der Waals surface area contributed by atoms with Crippen LogP contribution in [0.5, 0.6) is 11.5 Å². The van der Waals surface area contributed by atoms with Gasteiger partial charge in [-0.25, -0.2) is 0 Å². The van der Waals surface area contributed by atoms with Gasteiger partial charge in [0.15, 0.2) is 11.5 Å². The van der Waals surface area contributed by atoms with Gasteiger partial charge in [-0.15, -0.1) is 0 Å². The predicted molar refractivity (Wildman–Crippen MR) is 77.9 cm³/mol. The third-order valence-electron chi connectivity index (χ3n) is 4.36. The lowest BCUT2D eigenvalue weighted by molar-refractivity contribution is 0.363. The Hall–Kier alpha value is -1.22. The molecule has 0 saturated heterocycles. The molecule has 1 aromatic carbocycles. The van der Waals surface area contributed by atoms with Crippen LogP contribution >= 0.6 is 0 Å². The van der Waals surface area contributed by atoms with Crippen LogP contribution in [0.4, 0.5) is 0 Å². The van der Waals surface area contributed by atoms with Crippen molar-refractivity contribution in [3.05, 3.63) is 23.3 Å². The molecular formula is C16H25NO2. The highest BCUT2D eigenvalue weighted by atomic mass is 16.5. The number of ether oxygens (including phenoxy) is 1. The maximum atomic E-state index is 10.4. The fourth-order valence-corrected chi connectivity index (χ4v) is 2.68. The summed E-state index contributed by atoms with van der Waals surface area (Å²) >= 11 is 0.